The highest BCUT2D eigenvalue weighted by molar-refractivity contribution is 14.1. The number of hydrogen-bond donors (Lipinski definition) is 0. The molecule has 0 atom stereocenters. The van der Waals surface area contributed by atoms with Crippen molar-refractivity contribution in [3.8, 4) is 0 Å². The van der Waals surface area contributed by atoms with Crippen molar-refractivity contribution in [2.45, 2.75) is 0 Å². The van der Waals surface area contributed by atoms with Gasteiger partial charge in [-0.1, -0.05) is 59.5 Å². The molecule has 0 aliphatic carbocycles. The Balaban J connectivity index is 3.11. The Labute approximate surface area is 80.8 Å². The van der Waals surface area contributed by atoms with Crippen molar-refractivity contribution in [3.63, 3.8) is 0 Å². The standard InChI is InChI=1S/C10H9I/c1-2-9-5-3-4-6-10(9)7-8-11/h2-8H,1H2/b8-7+. The fourth-order valence-electron chi connectivity index (χ4n) is 0.916. The molecule has 0 bridgehead atoms. The molecule has 1 rings (SSSR count). The molecule has 0 N–H and O–H groups in total. The van der Waals surface area contributed by atoms with Crippen molar-refractivity contribution in [1.29, 1.82) is 0 Å². The molecular weight excluding hydrogens is 247 g/mol. The molecule has 1 aromatic carbocycles. The summed E-state index contributed by atoms with van der Waals surface area (Å²) in [4.78, 5) is 0. The van der Waals surface area contributed by atoms with Gasteiger partial charge in [-0.2, -0.15) is 0 Å². The first-order chi connectivity index (χ1) is 5.38. The third kappa shape index (κ3) is 2.19. The molecular formula is C10H9I. The van der Waals surface area contributed by atoms with Crippen LogP contribution in [-0.2, 0) is 0 Å². The van der Waals surface area contributed by atoms with E-state index in [2.05, 4.69) is 47.4 Å². The van der Waals surface area contributed by atoms with Crippen LogP contribution in [0.5, 0.6) is 0 Å². The summed E-state index contributed by atoms with van der Waals surface area (Å²) in [5.41, 5.74) is 2.40. The van der Waals surface area contributed by atoms with Gasteiger partial charge in [0, 0.05) is 0 Å². The number of rotatable bonds is 2. The highest BCUT2D eigenvalue weighted by Crippen LogP contribution is 2.12. The van der Waals surface area contributed by atoms with Crippen molar-refractivity contribution in [3.05, 3.63) is 46.1 Å². The van der Waals surface area contributed by atoms with Gasteiger partial charge < -0.3 is 0 Å². The van der Waals surface area contributed by atoms with Crippen LogP contribution in [0, 0.1) is 0 Å². The van der Waals surface area contributed by atoms with E-state index in [9.17, 15) is 0 Å². The summed E-state index contributed by atoms with van der Waals surface area (Å²) >= 11 is 2.21. The van der Waals surface area contributed by atoms with E-state index in [0.717, 1.165) is 0 Å². The van der Waals surface area contributed by atoms with Crippen molar-refractivity contribution < 1.29 is 0 Å². The van der Waals surface area contributed by atoms with Gasteiger partial charge in [0.2, 0.25) is 0 Å². The molecule has 56 valence electrons. The molecule has 0 radical (unpaired) electrons. The van der Waals surface area contributed by atoms with E-state index in [1.165, 1.54) is 11.1 Å². The van der Waals surface area contributed by atoms with Gasteiger partial charge in [0.05, 0.1) is 0 Å². The summed E-state index contributed by atoms with van der Waals surface area (Å²) in [6.07, 6.45) is 3.93. The molecule has 1 heteroatoms. The molecule has 0 saturated carbocycles. The molecule has 0 fully saturated rings. The number of halogens is 1. The summed E-state index contributed by atoms with van der Waals surface area (Å²) in [6, 6.07) is 8.17. The lowest BCUT2D eigenvalue weighted by Crippen LogP contribution is -1.76. The third-order valence-electron chi connectivity index (χ3n) is 1.46. The molecule has 0 saturated heterocycles. The molecule has 0 aliphatic rings. The van der Waals surface area contributed by atoms with E-state index >= 15 is 0 Å². The van der Waals surface area contributed by atoms with E-state index in [1.54, 1.807) is 0 Å². The van der Waals surface area contributed by atoms with Gasteiger partial charge in [0.25, 0.3) is 0 Å². The highest BCUT2D eigenvalue weighted by atomic mass is 127. The average molecular weight is 256 g/mol. The molecule has 0 spiro atoms. The van der Waals surface area contributed by atoms with E-state index in [-0.39, 0.29) is 0 Å². The van der Waals surface area contributed by atoms with Crippen LogP contribution < -0.4 is 0 Å². The Morgan fingerprint density at radius 2 is 1.82 bits per heavy atom. The van der Waals surface area contributed by atoms with Crippen LogP contribution in [0.15, 0.2) is 34.9 Å². The second-order valence-corrected chi connectivity index (χ2v) is 2.84. The van der Waals surface area contributed by atoms with Crippen LogP contribution >= 0.6 is 22.6 Å². The molecule has 11 heavy (non-hydrogen) atoms. The molecule has 0 aliphatic heterocycles. The average Bonchev–Trinajstić information content (AvgIpc) is 2.06. The largest absolute Gasteiger partial charge is 0.0984 e. The number of hydrogen-bond acceptors (Lipinski definition) is 0. The predicted molar refractivity (Wildman–Crippen MR) is 59.6 cm³/mol. The Morgan fingerprint density at radius 3 is 2.36 bits per heavy atom. The normalized spacial score (nSPS) is 10.3. The van der Waals surface area contributed by atoms with Crippen molar-refractivity contribution in [2.24, 2.45) is 0 Å². The second-order valence-electron chi connectivity index (χ2n) is 2.13. The molecule has 0 unspecified atom stereocenters. The van der Waals surface area contributed by atoms with Crippen LogP contribution in [0.2, 0.25) is 0 Å². The van der Waals surface area contributed by atoms with E-state index in [0.29, 0.717) is 0 Å². The molecule has 0 heterocycles. The SMILES string of the molecule is C=Cc1ccccc1/C=C/I. The second kappa shape index (κ2) is 4.34. The minimum Gasteiger partial charge on any atom is -0.0984 e. The van der Waals surface area contributed by atoms with Crippen LogP contribution in [0.25, 0.3) is 12.2 Å². The Kier molecular flexibility index (Phi) is 3.36. The third-order valence-corrected chi connectivity index (χ3v) is 1.82. The molecule has 0 nitrogen and oxygen atoms in total. The minimum absolute atomic E-state index is 1.18. The highest BCUT2D eigenvalue weighted by Gasteiger charge is 1.90. The number of benzene rings is 1. The summed E-state index contributed by atoms with van der Waals surface area (Å²) in [5, 5.41) is 0. The van der Waals surface area contributed by atoms with Crippen molar-refractivity contribution >= 4 is 34.7 Å². The lowest BCUT2D eigenvalue weighted by atomic mass is 10.1. The summed E-state index contributed by atoms with van der Waals surface area (Å²) in [7, 11) is 0. The van der Waals surface area contributed by atoms with Crippen LogP contribution in [0.4, 0.5) is 0 Å². The molecule has 0 amide bonds. The van der Waals surface area contributed by atoms with E-state index < -0.39 is 0 Å². The maximum absolute atomic E-state index is 3.74. The smallest absolute Gasteiger partial charge is 0.0180 e. The van der Waals surface area contributed by atoms with Crippen LogP contribution in [0.1, 0.15) is 11.1 Å². The lowest BCUT2D eigenvalue weighted by Gasteiger charge is -1.97. The van der Waals surface area contributed by atoms with Gasteiger partial charge >= 0.3 is 0 Å². The zero-order chi connectivity index (χ0) is 8.10. The van der Waals surface area contributed by atoms with Gasteiger partial charge in [-0.15, -0.1) is 0 Å². The zero-order valence-electron chi connectivity index (χ0n) is 6.13. The Bertz CT molecular complexity index is 274. The van der Waals surface area contributed by atoms with Gasteiger partial charge in [-0.25, -0.2) is 0 Å². The quantitative estimate of drug-likeness (QED) is 0.707. The van der Waals surface area contributed by atoms with Gasteiger partial charge in [-0.05, 0) is 21.3 Å². The lowest BCUT2D eigenvalue weighted by molar-refractivity contribution is 1.62. The summed E-state index contributed by atoms with van der Waals surface area (Å²) in [5.74, 6) is 0. The van der Waals surface area contributed by atoms with Crippen molar-refractivity contribution in [2.75, 3.05) is 0 Å². The van der Waals surface area contributed by atoms with E-state index in [4.69, 9.17) is 0 Å². The van der Waals surface area contributed by atoms with E-state index in [1.807, 2.05) is 22.3 Å². The zero-order valence-corrected chi connectivity index (χ0v) is 8.28. The Morgan fingerprint density at radius 1 is 1.18 bits per heavy atom. The maximum Gasteiger partial charge on any atom is -0.0180 e. The predicted octanol–water partition coefficient (Wildman–Crippen LogP) is 3.74. The molecule has 0 aromatic heterocycles. The Hall–Kier alpha value is -0.570. The monoisotopic (exact) mass is 256 g/mol. The maximum atomic E-state index is 3.74. The first kappa shape index (κ1) is 8.53. The van der Waals surface area contributed by atoms with Crippen LogP contribution in [-0.4, -0.2) is 0 Å². The first-order valence-electron chi connectivity index (χ1n) is 3.36. The fourth-order valence-corrected chi connectivity index (χ4v) is 1.30. The first-order valence-corrected chi connectivity index (χ1v) is 4.61. The minimum atomic E-state index is 1.18. The van der Waals surface area contributed by atoms with Gasteiger partial charge in [0.15, 0.2) is 0 Å². The summed E-state index contributed by atoms with van der Waals surface area (Å²) < 4.78 is 2.00. The fraction of sp³-hybridized carbons (Fsp3) is 0. The van der Waals surface area contributed by atoms with Crippen molar-refractivity contribution in [1.82, 2.24) is 0 Å². The van der Waals surface area contributed by atoms with Gasteiger partial charge in [-0.3, -0.25) is 0 Å². The molecule has 1 aromatic rings. The topological polar surface area (TPSA) is 0 Å². The summed E-state index contributed by atoms with van der Waals surface area (Å²) in [6.45, 7) is 3.74. The van der Waals surface area contributed by atoms with Crippen LogP contribution in [0.3, 0.4) is 0 Å². The van der Waals surface area contributed by atoms with Gasteiger partial charge in [0.1, 0.15) is 0 Å².